The molecule has 25 heavy (non-hydrogen) atoms. The first-order chi connectivity index (χ1) is 12.0. The molecule has 1 aliphatic heterocycles. The van der Waals surface area contributed by atoms with Crippen molar-refractivity contribution in [3.8, 4) is 0 Å². The number of unbranched alkanes of at least 4 members (excludes halogenated alkanes) is 1. The molecule has 6 heteroatoms. The highest BCUT2D eigenvalue weighted by Crippen LogP contribution is 2.20. The fourth-order valence-corrected chi connectivity index (χ4v) is 3.32. The lowest BCUT2D eigenvalue weighted by Crippen LogP contribution is -2.39. The van der Waals surface area contributed by atoms with Gasteiger partial charge in [-0.3, -0.25) is 9.59 Å². The van der Waals surface area contributed by atoms with Crippen LogP contribution < -0.4 is 5.56 Å². The lowest BCUT2D eigenvalue weighted by atomic mass is 10.1. The van der Waals surface area contributed by atoms with Crippen molar-refractivity contribution in [3.05, 3.63) is 45.9 Å². The predicted molar refractivity (Wildman–Crippen MR) is 92.8 cm³/mol. The van der Waals surface area contributed by atoms with Crippen LogP contribution in [-0.2, 0) is 6.54 Å². The van der Waals surface area contributed by atoms with Crippen LogP contribution in [0.1, 0.15) is 49.5 Å². The van der Waals surface area contributed by atoms with Gasteiger partial charge in [0.15, 0.2) is 11.6 Å². The van der Waals surface area contributed by atoms with Crippen LogP contribution in [-0.4, -0.2) is 28.5 Å². The van der Waals surface area contributed by atoms with Gasteiger partial charge in [-0.15, -0.1) is 0 Å². The summed E-state index contributed by atoms with van der Waals surface area (Å²) in [6, 6.07) is 3.43. The molecule has 134 valence electrons. The minimum Gasteiger partial charge on any atom is -0.337 e. The number of hydrogen-bond donors (Lipinski definition) is 0. The first kappa shape index (κ1) is 17.6. The maximum Gasteiger partial charge on any atom is 0.270 e. The van der Waals surface area contributed by atoms with Crippen LogP contribution in [0.2, 0.25) is 0 Å². The van der Waals surface area contributed by atoms with Crippen LogP contribution in [0.15, 0.2) is 23.0 Å². The molecule has 4 nitrogen and oxygen atoms in total. The van der Waals surface area contributed by atoms with Gasteiger partial charge in [0.25, 0.3) is 11.5 Å². The van der Waals surface area contributed by atoms with Crippen LogP contribution in [0.3, 0.4) is 0 Å². The van der Waals surface area contributed by atoms with E-state index in [1.165, 1.54) is 10.6 Å². The molecular formula is C19H22F2N2O2. The zero-order valence-electron chi connectivity index (χ0n) is 14.4. The van der Waals surface area contributed by atoms with Crippen LogP contribution in [0.5, 0.6) is 0 Å². The topological polar surface area (TPSA) is 42.3 Å². The summed E-state index contributed by atoms with van der Waals surface area (Å²) in [7, 11) is 0. The van der Waals surface area contributed by atoms with Crippen LogP contribution in [0.25, 0.3) is 10.8 Å². The molecular weight excluding hydrogens is 326 g/mol. The number of fused-ring (bicyclic) bond motifs is 1. The molecule has 1 saturated heterocycles. The van der Waals surface area contributed by atoms with Crippen molar-refractivity contribution in [2.24, 2.45) is 0 Å². The van der Waals surface area contributed by atoms with Gasteiger partial charge >= 0.3 is 0 Å². The number of aromatic nitrogens is 1. The summed E-state index contributed by atoms with van der Waals surface area (Å²) in [6.07, 6.45) is 4.57. The lowest BCUT2D eigenvalue weighted by Gasteiger charge is -2.28. The van der Waals surface area contributed by atoms with Gasteiger partial charge < -0.3 is 9.47 Å². The highest BCUT2D eigenvalue weighted by molar-refractivity contribution is 5.96. The highest BCUT2D eigenvalue weighted by Gasteiger charge is 2.23. The zero-order valence-corrected chi connectivity index (χ0v) is 14.4. The third-order valence-corrected chi connectivity index (χ3v) is 4.75. The van der Waals surface area contributed by atoms with E-state index in [0.29, 0.717) is 19.6 Å². The Morgan fingerprint density at radius 3 is 2.44 bits per heavy atom. The molecule has 0 aliphatic carbocycles. The average Bonchev–Trinajstić information content (AvgIpc) is 2.62. The fraction of sp³-hybridized carbons (Fsp3) is 0.474. The Morgan fingerprint density at radius 1 is 1.08 bits per heavy atom. The number of likely N-dealkylation sites (tertiary alicyclic amines) is 1. The molecule has 3 rings (SSSR count). The molecule has 2 heterocycles. The van der Waals surface area contributed by atoms with E-state index in [1.54, 1.807) is 4.90 Å². The first-order valence-corrected chi connectivity index (χ1v) is 8.84. The Balaban J connectivity index is 2.15. The summed E-state index contributed by atoms with van der Waals surface area (Å²) in [6.45, 7) is 3.71. The maximum absolute atomic E-state index is 13.6. The number of amides is 1. The van der Waals surface area contributed by atoms with Crippen molar-refractivity contribution in [2.45, 2.75) is 45.6 Å². The van der Waals surface area contributed by atoms with Crippen molar-refractivity contribution in [1.29, 1.82) is 0 Å². The van der Waals surface area contributed by atoms with E-state index >= 15 is 0 Å². The molecule has 2 aromatic rings. The summed E-state index contributed by atoms with van der Waals surface area (Å²) in [5.41, 5.74) is -0.177. The summed E-state index contributed by atoms with van der Waals surface area (Å²) in [4.78, 5) is 27.5. The van der Waals surface area contributed by atoms with Gasteiger partial charge in [0.05, 0.1) is 5.39 Å². The number of carbonyl (C=O) groups is 1. The van der Waals surface area contributed by atoms with Gasteiger partial charge in [-0.25, -0.2) is 8.78 Å². The number of benzene rings is 1. The second-order valence-corrected chi connectivity index (χ2v) is 6.55. The van der Waals surface area contributed by atoms with Crippen molar-refractivity contribution in [3.63, 3.8) is 0 Å². The van der Waals surface area contributed by atoms with Crippen LogP contribution in [0, 0.1) is 11.6 Å². The smallest absolute Gasteiger partial charge is 0.270 e. The molecule has 1 fully saturated rings. The van der Waals surface area contributed by atoms with Gasteiger partial charge in [0.1, 0.15) is 5.69 Å². The minimum absolute atomic E-state index is 0.102. The Hall–Kier alpha value is -2.24. The molecule has 0 N–H and O–H groups in total. The van der Waals surface area contributed by atoms with Crippen LogP contribution >= 0.6 is 0 Å². The van der Waals surface area contributed by atoms with Gasteiger partial charge in [-0.2, -0.15) is 0 Å². The second-order valence-electron chi connectivity index (χ2n) is 6.55. The van der Waals surface area contributed by atoms with Crippen molar-refractivity contribution in [2.75, 3.05) is 13.1 Å². The molecule has 0 bridgehead atoms. The molecule has 1 amide bonds. The Morgan fingerprint density at radius 2 is 1.76 bits per heavy atom. The van der Waals surface area contributed by atoms with E-state index in [4.69, 9.17) is 0 Å². The number of rotatable bonds is 4. The van der Waals surface area contributed by atoms with E-state index in [0.717, 1.165) is 44.2 Å². The molecule has 0 radical (unpaired) electrons. The normalized spacial score (nSPS) is 14.9. The standard InChI is InChI=1S/C19H22F2N2O2/c1-2-3-9-23-17(19(25)22-7-5-4-6-8-22)11-13-10-15(20)16(21)12-14(13)18(23)24/h10-12H,2-9H2,1H3. The van der Waals surface area contributed by atoms with Gasteiger partial charge in [-0.1, -0.05) is 13.3 Å². The Labute approximate surface area is 145 Å². The third-order valence-electron chi connectivity index (χ3n) is 4.75. The largest absolute Gasteiger partial charge is 0.337 e. The molecule has 0 unspecified atom stereocenters. The van der Waals surface area contributed by atoms with Gasteiger partial charge in [0, 0.05) is 19.6 Å². The van der Waals surface area contributed by atoms with Gasteiger partial charge in [0.2, 0.25) is 0 Å². The summed E-state index contributed by atoms with van der Waals surface area (Å²) in [5.74, 6) is -2.28. The van der Waals surface area contributed by atoms with Crippen molar-refractivity contribution < 1.29 is 13.6 Å². The molecule has 1 aliphatic rings. The van der Waals surface area contributed by atoms with E-state index in [1.807, 2.05) is 6.92 Å². The second kappa shape index (κ2) is 7.33. The molecule has 1 aromatic heterocycles. The van der Waals surface area contributed by atoms with E-state index in [-0.39, 0.29) is 22.4 Å². The summed E-state index contributed by atoms with van der Waals surface area (Å²) in [5, 5.41) is 0.363. The quantitative estimate of drug-likeness (QED) is 0.845. The highest BCUT2D eigenvalue weighted by atomic mass is 19.2. The van der Waals surface area contributed by atoms with Crippen molar-refractivity contribution in [1.82, 2.24) is 9.47 Å². The number of carbonyl (C=O) groups excluding carboxylic acids is 1. The third kappa shape index (κ3) is 3.43. The molecule has 1 aromatic carbocycles. The number of pyridine rings is 1. The minimum atomic E-state index is -1.05. The molecule has 0 saturated carbocycles. The Kier molecular flexibility index (Phi) is 5.16. The van der Waals surface area contributed by atoms with Crippen LogP contribution in [0.4, 0.5) is 8.78 Å². The lowest BCUT2D eigenvalue weighted by molar-refractivity contribution is 0.0711. The number of nitrogens with zero attached hydrogens (tertiary/aromatic N) is 2. The number of hydrogen-bond acceptors (Lipinski definition) is 2. The maximum atomic E-state index is 13.6. The number of halogens is 2. The van der Waals surface area contributed by atoms with Crippen molar-refractivity contribution >= 4 is 16.7 Å². The zero-order chi connectivity index (χ0) is 18.0. The first-order valence-electron chi connectivity index (χ1n) is 8.84. The predicted octanol–water partition coefficient (Wildman–Crippen LogP) is 3.71. The van der Waals surface area contributed by atoms with E-state index < -0.39 is 17.2 Å². The SMILES string of the molecule is CCCCn1c(C(=O)N2CCCCC2)cc2cc(F)c(F)cc2c1=O. The molecule has 0 atom stereocenters. The number of piperidine rings is 1. The van der Waals surface area contributed by atoms with E-state index in [2.05, 4.69) is 0 Å². The summed E-state index contributed by atoms with van der Waals surface area (Å²) < 4.78 is 28.6. The fourth-order valence-electron chi connectivity index (χ4n) is 3.32. The van der Waals surface area contributed by atoms with E-state index in [9.17, 15) is 18.4 Å². The van der Waals surface area contributed by atoms with Gasteiger partial charge in [-0.05, 0) is 49.3 Å². The monoisotopic (exact) mass is 348 g/mol. The Bertz CT molecular complexity index is 855. The molecule has 0 spiro atoms. The summed E-state index contributed by atoms with van der Waals surface area (Å²) >= 11 is 0. The average molecular weight is 348 g/mol.